The Bertz CT molecular complexity index is 817. The van der Waals surface area contributed by atoms with E-state index >= 15 is 0 Å². The van der Waals surface area contributed by atoms with Crippen LogP contribution in [0.3, 0.4) is 0 Å². The van der Waals surface area contributed by atoms with E-state index in [0.717, 1.165) is 6.08 Å². The largest absolute Gasteiger partial charge is 0.504 e. The smallest absolute Gasteiger partial charge is 0.331 e. The Morgan fingerprint density at radius 3 is 2.54 bits per heavy atom. The zero-order valence-corrected chi connectivity index (χ0v) is 14.2. The number of rotatable bonds is 6. The Hall–Kier alpha value is -3.35. The van der Waals surface area contributed by atoms with Gasteiger partial charge in [0.15, 0.2) is 17.6 Å². The molecule has 0 radical (unpaired) electrons. The molecule has 0 aromatic heterocycles. The Labute approximate surface area is 149 Å². The van der Waals surface area contributed by atoms with Gasteiger partial charge in [-0.25, -0.2) is 9.18 Å². The number of carbonyl (C=O) groups excluding carboxylic acids is 2. The maximum absolute atomic E-state index is 12.8. The van der Waals surface area contributed by atoms with Crippen LogP contribution in [0.2, 0.25) is 0 Å². The van der Waals surface area contributed by atoms with Crippen LogP contribution >= 0.6 is 0 Å². The van der Waals surface area contributed by atoms with Crippen LogP contribution in [0, 0.1) is 5.82 Å². The molecule has 0 aliphatic rings. The third kappa shape index (κ3) is 5.34. The van der Waals surface area contributed by atoms with Crippen molar-refractivity contribution in [1.29, 1.82) is 0 Å². The molecule has 7 heteroatoms. The lowest BCUT2D eigenvalue weighted by Crippen LogP contribution is -2.29. The number of anilines is 1. The first-order valence-corrected chi connectivity index (χ1v) is 7.71. The highest BCUT2D eigenvalue weighted by Crippen LogP contribution is 2.26. The summed E-state index contributed by atoms with van der Waals surface area (Å²) >= 11 is 0. The third-order valence-electron chi connectivity index (χ3n) is 3.39. The van der Waals surface area contributed by atoms with Crippen molar-refractivity contribution in [2.24, 2.45) is 0 Å². The molecule has 136 valence electrons. The fourth-order valence-electron chi connectivity index (χ4n) is 2.01. The fraction of sp³-hybridized carbons (Fsp3) is 0.158. The number of esters is 1. The van der Waals surface area contributed by atoms with Crippen molar-refractivity contribution in [1.82, 2.24) is 0 Å². The number of hydrogen-bond acceptors (Lipinski definition) is 5. The van der Waals surface area contributed by atoms with Gasteiger partial charge in [-0.1, -0.05) is 6.07 Å². The van der Waals surface area contributed by atoms with Gasteiger partial charge in [0, 0.05) is 11.8 Å². The summed E-state index contributed by atoms with van der Waals surface area (Å²) < 4.78 is 22.8. The van der Waals surface area contributed by atoms with Gasteiger partial charge in [0.05, 0.1) is 7.11 Å². The van der Waals surface area contributed by atoms with Crippen LogP contribution in [-0.4, -0.2) is 30.2 Å². The van der Waals surface area contributed by atoms with Gasteiger partial charge in [0.2, 0.25) is 0 Å². The van der Waals surface area contributed by atoms with Gasteiger partial charge >= 0.3 is 5.97 Å². The van der Waals surface area contributed by atoms with E-state index in [0.29, 0.717) is 11.3 Å². The number of methoxy groups -OCH3 is 1. The maximum atomic E-state index is 12.8. The van der Waals surface area contributed by atoms with Crippen LogP contribution < -0.4 is 10.1 Å². The van der Waals surface area contributed by atoms with Gasteiger partial charge in [-0.3, -0.25) is 4.79 Å². The van der Waals surface area contributed by atoms with Gasteiger partial charge in [-0.2, -0.15) is 0 Å². The van der Waals surface area contributed by atoms with Crippen molar-refractivity contribution in [2.75, 3.05) is 12.4 Å². The van der Waals surface area contributed by atoms with Crippen LogP contribution in [-0.2, 0) is 14.3 Å². The minimum Gasteiger partial charge on any atom is -0.504 e. The summed E-state index contributed by atoms with van der Waals surface area (Å²) in [6.45, 7) is 1.42. The highest BCUT2D eigenvalue weighted by molar-refractivity contribution is 5.96. The Kier molecular flexibility index (Phi) is 6.32. The molecular weight excluding hydrogens is 341 g/mol. The molecule has 0 spiro atoms. The Morgan fingerprint density at radius 2 is 1.88 bits per heavy atom. The summed E-state index contributed by atoms with van der Waals surface area (Å²) in [6.07, 6.45) is 1.59. The molecule has 0 saturated carbocycles. The summed E-state index contributed by atoms with van der Waals surface area (Å²) in [5.74, 6) is -1.41. The molecule has 0 saturated heterocycles. The van der Waals surface area contributed by atoms with Crippen LogP contribution in [0.15, 0.2) is 48.5 Å². The number of nitrogens with one attached hydrogen (secondary N) is 1. The van der Waals surface area contributed by atoms with Crippen molar-refractivity contribution >= 4 is 23.6 Å². The SMILES string of the molecule is COc1cc(/C=C/C(=O)O[C@@H](C)C(=O)Nc2ccc(F)cc2)ccc1O. The molecule has 0 fully saturated rings. The second-order valence-electron chi connectivity index (χ2n) is 5.34. The quantitative estimate of drug-likeness (QED) is 0.611. The third-order valence-corrected chi connectivity index (χ3v) is 3.39. The molecule has 6 nitrogen and oxygen atoms in total. The lowest BCUT2D eigenvalue weighted by atomic mass is 10.2. The number of ether oxygens (including phenoxy) is 2. The summed E-state index contributed by atoms with van der Waals surface area (Å²) in [4.78, 5) is 23.8. The molecular formula is C19H18FNO5. The molecule has 0 bridgehead atoms. The molecule has 1 atom stereocenters. The topological polar surface area (TPSA) is 84.9 Å². The lowest BCUT2D eigenvalue weighted by Gasteiger charge is -2.12. The monoisotopic (exact) mass is 359 g/mol. The van der Waals surface area contributed by atoms with Crippen LogP contribution in [0.4, 0.5) is 10.1 Å². The number of amides is 1. The Morgan fingerprint density at radius 1 is 1.19 bits per heavy atom. The maximum Gasteiger partial charge on any atom is 0.331 e. The first-order chi connectivity index (χ1) is 12.4. The zero-order valence-electron chi connectivity index (χ0n) is 14.2. The van der Waals surface area contributed by atoms with E-state index in [2.05, 4.69) is 5.32 Å². The van der Waals surface area contributed by atoms with Gasteiger partial charge in [0.25, 0.3) is 5.91 Å². The molecule has 0 aliphatic heterocycles. The summed E-state index contributed by atoms with van der Waals surface area (Å²) in [7, 11) is 1.41. The minimum atomic E-state index is -1.04. The van der Waals surface area contributed by atoms with Gasteiger partial charge in [0.1, 0.15) is 5.82 Å². The van der Waals surface area contributed by atoms with Crippen LogP contribution in [0.25, 0.3) is 6.08 Å². The number of carbonyl (C=O) groups is 2. The van der Waals surface area contributed by atoms with Crippen molar-refractivity contribution in [2.45, 2.75) is 13.0 Å². The predicted molar refractivity (Wildman–Crippen MR) is 94.3 cm³/mol. The van der Waals surface area contributed by atoms with Crippen LogP contribution in [0.5, 0.6) is 11.5 Å². The average molecular weight is 359 g/mol. The fourth-order valence-corrected chi connectivity index (χ4v) is 2.01. The molecule has 0 unspecified atom stereocenters. The van der Waals surface area contributed by atoms with E-state index in [1.54, 1.807) is 12.1 Å². The zero-order chi connectivity index (χ0) is 19.1. The van der Waals surface area contributed by atoms with E-state index < -0.39 is 23.8 Å². The van der Waals surface area contributed by atoms with Gasteiger partial charge < -0.3 is 19.9 Å². The number of benzene rings is 2. The van der Waals surface area contributed by atoms with Gasteiger partial charge in [-0.15, -0.1) is 0 Å². The minimum absolute atomic E-state index is 0.0155. The summed E-state index contributed by atoms with van der Waals surface area (Å²) in [5.41, 5.74) is 1.01. The molecule has 2 N–H and O–H groups in total. The van der Waals surface area contributed by atoms with Crippen LogP contribution in [0.1, 0.15) is 12.5 Å². The molecule has 0 heterocycles. The average Bonchev–Trinajstić information content (AvgIpc) is 2.62. The second-order valence-corrected chi connectivity index (χ2v) is 5.34. The first kappa shape index (κ1) is 19.0. The van der Waals surface area contributed by atoms with E-state index in [4.69, 9.17) is 9.47 Å². The van der Waals surface area contributed by atoms with E-state index in [9.17, 15) is 19.1 Å². The van der Waals surface area contributed by atoms with E-state index in [1.165, 1.54) is 50.4 Å². The van der Waals surface area contributed by atoms with E-state index in [1.807, 2.05) is 0 Å². The van der Waals surface area contributed by atoms with Crippen molar-refractivity contribution in [3.05, 3.63) is 59.9 Å². The number of phenols is 1. The molecule has 1 amide bonds. The molecule has 2 aromatic rings. The number of hydrogen-bond donors (Lipinski definition) is 2. The Balaban J connectivity index is 1.91. The molecule has 0 aliphatic carbocycles. The normalized spacial score (nSPS) is 11.8. The number of halogens is 1. The second kappa shape index (κ2) is 8.66. The van der Waals surface area contributed by atoms with Crippen molar-refractivity contribution < 1.29 is 28.6 Å². The number of phenolic OH excluding ortho intramolecular Hbond substituents is 1. The van der Waals surface area contributed by atoms with E-state index in [-0.39, 0.29) is 11.5 Å². The predicted octanol–water partition coefficient (Wildman–Crippen LogP) is 3.12. The highest BCUT2D eigenvalue weighted by atomic mass is 19.1. The number of aromatic hydroxyl groups is 1. The highest BCUT2D eigenvalue weighted by Gasteiger charge is 2.16. The standard InChI is InChI=1S/C19H18FNO5/c1-12(19(24)21-15-7-5-14(20)6-8-15)26-18(23)10-4-13-3-9-16(22)17(11-13)25-2/h3-12,22H,1-2H3,(H,21,24)/b10-4+/t12-/m0/s1. The van der Waals surface area contributed by atoms with Crippen molar-refractivity contribution in [3.63, 3.8) is 0 Å². The first-order valence-electron chi connectivity index (χ1n) is 7.71. The van der Waals surface area contributed by atoms with Gasteiger partial charge in [-0.05, 0) is 55.0 Å². The molecule has 2 aromatic carbocycles. The summed E-state index contributed by atoms with van der Waals surface area (Å²) in [6, 6.07) is 9.79. The lowest BCUT2D eigenvalue weighted by molar-refractivity contribution is -0.148. The molecule has 26 heavy (non-hydrogen) atoms. The summed E-state index contributed by atoms with van der Waals surface area (Å²) in [5, 5.41) is 12.0. The molecule has 2 rings (SSSR count). The van der Waals surface area contributed by atoms with Crippen molar-refractivity contribution in [3.8, 4) is 11.5 Å².